The van der Waals surface area contributed by atoms with E-state index in [4.69, 9.17) is 0 Å². The number of sulfonamides is 1. The summed E-state index contributed by atoms with van der Waals surface area (Å²) in [5, 5.41) is 3.10. The topological polar surface area (TPSA) is 104 Å². The van der Waals surface area contributed by atoms with Crippen molar-refractivity contribution in [2.24, 2.45) is 0 Å². The molecule has 0 saturated heterocycles. The van der Waals surface area contributed by atoms with Gasteiger partial charge in [-0.25, -0.2) is 12.7 Å². The van der Waals surface area contributed by atoms with Crippen molar-refractivity contribution >= 4 is 27.7 Å². The van der Waals surface area contributed by atoms with Crippen molar-refractivity contribution < 1.29 is 22.8 Å². The minimum atomic E-state index is -4.00. The molecule has 2 aromatic rings. The van der Waals surface area contributed by atoms with Crippen molar-refractivity contribution in [3.05, 3.63) is 65.7 Å². The fraction of sp³-hybridized carbons (Fsp3) is 0.444. The molecule has 36 heavy (non-hydrogen) atoms. The van der Waals surface area contributed by atoms with Crippen LogP contribution in [0.4, 0.5) is 0 Å². The van der Waals surface area contributed by atoms with Gasteiger partial charge in [0.15, 0.2) is 0 Å². The van der Waals surface area contributed by atoms with Gasteiger partial charge in [0.25, 0.3) is 15.9 Å². The normalized spacial score (nSPS) is 17.6. The number of carbonyl (C=O) groups is 3. The average Bonchev–Trinajstić information content (AvgIpc) is 3.45. The highest BCUT2D eigenvalue weighted by molar-refractivity contribution is 7.90. The first-order valence-electron chi connectivity index (χ1n) is 12.6. The molecule has 0 bridgehead atoms. The second-order valence-electron chi connectivity index (χ2n) is 9.37. The zero-order chi connectivity index (χ0) is 25.7. The predicted molar refractivity (Wildman–Crippen MR) is 136 cm³/mol. The van der Waals surface area contributed by atoms with Gasteiger partial charge in [-0.1, -0.05) is 62.2 Å². The summed E-state index contributed by atoms with van der Waals surface area (Å²) < 4.78 is 26.6. The van der Waals surface area contributed by atoms with E-state index in [1.54, 1.807) is 17.0 Å². The molecule has 0 aromatic heterocycles. The second-order valence-corrected chi connectivity index (χ2v) is 11.2. The van der Waals surface area contributed by atoms with Crippen LogP contribution in [0.2, 0.25) is 0 Å². The van der Waals surface area contributed by atoms with E-state index in [0.29, 0.717) is 19.4 Å². The summed E-state index contributed by atoms with van der Waals surface area (Å²) in [6.07, 6.45) is 4.85. The number of amides is 3. The monoisotopic (exact) mass is 511 g/mol. The Bertz CT molecular complexity index is 1210. The molecule has 4 rings (SSSR count). The van der Waals surface area contributed by atoms with Gasteiger partial charge in [-0.05, 0) is 43.4 Å². The minimum absolute atomic E-state index is 0.0363. The molecule has 1 N–H and O–H groups in total. The van der Waals surface area contributed by atoms with Gasteiger partial charge in [-0.15, -0.1) is 0 Å². The van der Waals surface area contributed by atoms with Crippen molar-refractivity contribution in [2.45, 2.75) is 68.8 Å². The summed E-state index contributed by atoms with van der Waals surface area (Å²) in [6, 6.07) is 15.2. The molecule has 0 spiro atoms. The molecule has 192 valence electrons. The molecule has 2 aromatic carbocycles. The van der Waals surface area contributed by atoms with Crippen LogP contribution in [0, 0.1) is 0 Å². The lowest BCUT2D eigenvalue weighted by Crippen LogP contribution is -2.52. The van der Waals surface area contributed by atoms with Crippen LogP contribution in [-0.2, 0) is 26.0 Å². The molecule has 1 aliphatic carbocycles. The molecule has 0 radical (unpaired) electrons. The van der Waals surface area contributed by atoms with Crippen LogP contribution >= 0.6 is 0 Å². The Kier molecular flexibility index (Phi) is 8.08. The number of nitrogens with zero attached hydrogens (tertiary/aromatic N) is 2. The lowest BCUT2D eigenvalue weighted by Gasteiger charge is -2.32. The van der Waals surface area contributed by atoms with Gasteiger partial charge >= 0.3 is 0 Å². The van der Waals surface area contributed by atoms with Gasteiger partial charge < -0.3 is 10.2 Å². The van der Waals surface area contributed by atoms with Crippen molar-refractivity contribution in [3.8, 4) is 0 Å². The van der Waals surface area contributed by atoms with E-state index in [-0.39, 0.29) is 41.3 Å². The zero-order valence-electron chi connectivity index (χ0n) is 20.6. The maximum Gasteiger partial charge on any atom is 0.269 e. The summed E-state index contributed by atoms with van der Waals surface area (Å²) in [5.41, 5.74) is 1.15. The zero-order valence-corrected chi connectivity index (χ0v) is 21.4. The summed E-state index contributed by atoms with van der Waals surface area (Å²) in [6.45, 7) is 1.92. The smallest absolute Gasteiger partial charge is 0.269 e. The van der Waals surface area contributed by atoms with E-state index in [1.165, 1.54) is 12.1 Å². The maximum absolute atomic E-state index is 13.5. The standard InChI is InChI=1S/C27H33N3O5S/c1-2-23(26(32)28-21-12-6-7-13-21)29(18-16-20-10-4-3-5-11-20)25(31)17-19-30-27(33)22-14-8-9-15-24(22)36(30,34)35/h3-5,8-11,14-15,21,23H,2,6-7,12-13,16-19H2,1H3,(H,28,32)/t23-/m1/s1. The van der Waals surface area contributed by atoms with Gasteiger partial charge in [-0.3, -0.25) is 14.4 Å². The SMILES string of the molecule is CC[C@H](C(=O)NC1CCCC1)N(CCc1ccccc1)C(=O)CCN1C(=O)c2ccccc2S1(=O)=O. The van der Waals surface area contributed by atoms with E-state index in [1.807, 2.05) is 37.3 Å². The van der Waals surface area contributed by atoms with Crippen molar-refractivity contribution in [1.82, 2.24) is 14.5 Å². The molecule has 1 heterocycles. The van der Waals surface area contributed by atoms with E-state index in [2.05, 4.69) is 5.32 Å². The van der Waals surface area contributed by atoms with E-state index < -0.39 is 22.0 Å². The molecule has 1 atom stereocenters. The molecular weight excluding hydrogens is 478 g/mol. The second kappa shape index (κ2) is 11.2. The van der Waals surface area contributed by atoms with Crippen molar-refractivity contribution in [3.63, 3.8) is 0 Å². The molecule has 9 heteroatoms. The van der Waals surface area contributed by atoms with Crippen LogP contribution in [0.5, 0.6) is 0 Å². The van der Waals surface area contributed by atoms with Crippen LogP contribution in [0.3, 0.4) is 0 Å². The number of carbonyl (C=O) groups excluding carboxylic acids is 3. The third-order valence-corrected chi connectivity index (χ3v) is 8.85. The molecule has 3 amide bonds. The number of fused-ring (bicyclic) bond motifs is 1. The van der Waals surface area contributed by atoms with Gasteiger partial charge in [0.1, 0.15) is 10.9 Å². The molecule has 1 saturated carbocycles. The lowest BCUT2D eigenvalue weighted by atomic mass is 10.1. The Morgan fingerprint density at radius 1 is 1.06 bits per heavy atom. The van der Waals surface area contributed by atoms with Crippen molar-refractivity contribution in [2.75, 3.05) is 13.1 Å². The highest BCUT2D eigenvalue weighted by atomic mass is 32.2. The summed E-state index contributed by atoms with van der Waals surface area (Å²) in [5.74, 6) is -1.15. The van der Waals surface area contributed by atoms with Crippen LogP contribution < -0.4 is 5.32 Å². The van der Waals surface area contributed by atoms with Crippen LogP contribution in [-0.4, -0.2) is 60.5 Å². The summed E-state index contributed by atoms with van der Waals surface area (Å²) in [4.78, 5) is 40.9. The van der Waals surface area contributed by atoms with E-state index in [9.17, 15) is 22.8 Å². The molecule has 2 aliphatic rings. The quantitative estimate of drug-likeness (QED) is 0.528. The molecule has 8 nitrogen and oxygen atoms in total. The molecule has 1 aliphatic heterocycles. The van der Waals surface area contributed by atoms with E-state index >= 15 is 0 Å². The molecular formula is C27H33N3O5S. The Labute approximate surface area is 212 Å². The number of rotatable bonds is 10. The highest BCUT2D eigenvalue weighted by Crippen LogP contribution is 2.30. The first-order chi connectivity index (χ1) is 17.3. The summed E-state index contributed by atoms with van der Waals surface area (Å²) >= 11 is 0. The largest absolute Gasteiger partial charge is 0.352 e. The van der Waals surface area contributed by atoms with Gasteiger partial charge in [0, 0.05) is 25.6 Å². The van der Waals surface area contributed by atoms with Crippen LogP contribution in [0.15, 0.2) is 59.5 Å². The van der Waals surface area contributed by atoms with Crippen LogP contribution in [0.25, 0.3) is 0 Å². The first kappa shape index (κ1) is 25.9. The number of nitrogens with one attached hydrogen (secondary N) is 1. The highest BCUT2D eigenvalue weighted by Gasteiger charge is 2.41. The fourth-order valence-electron chi connectivity index (χ4n) is 5.06. The maximum atomic E-state index is 13.5. The Hall–Kier alpha value is -3.20. The third-order valence-electron chi connectivity index (χ3n) is 7.01. The molecule has 1 fully saturated rings. The minimum Gasteiger partial charge on any atom is -0.352 e. The third kappa shape index (κ3) is 5.46. The first-order valence-corrected chi connectivity index (χ1v) is 14.1. The average molecular weight is 512 g/mol. The molecule has 0 unspecified atom stereocenters. The summed E-state index contributed by atoms with van der Waals surface area (Å²) in [7, 11) is -4.00. The number of hydrogen-bond donors (Lipinski definition) is 1. The van der Waals surface area contributed by atoms with Crippen LogP contribution in [0.1, 0.15) is 61.4 Å². The Balaban J connectivity index is 1.49. The van der Waals surface area contributed by atoms with Gasteiger partial charge in [0.2, 0.25) is 11.8 Å². The number of benzene rings is 2. The predicted octanol–water partition coefficient (Wildman–Crippen LogP) is 3.13. The fourth-order valence-corrected chi connectivity index (χ4v) is 6.63. The van der Waals surface area contributed by atoms with Crippen molar-refractivity contribution in [1.29, 1.82) is 0 Å². The van der Waals surface area contributed by atoms with Gasteiger partial charge in [-0.2, -0.15) is 0 Å². The van der Waals surface area contributed by atoms with Gasteiger partial charge in [0.05, 0.1) is 5.56 Å². The Morgan fingerprint density at radius 2 is 1.72 bits per heavy atom. The van der Waals surface area contributed by atoms with E-state index in [0.717, 1.165) is 35.6 Å². The Morgan fingerprint density at radius 3 is 2.39 bits per heavy atom. The number of hydrogen-bond acceptors (Lipinski definition) is 5. The lowest BCUT2D eigenvalue weighted by molar-refractivity contribution is -0.141.